The molecule has 0 bridgehead atoms. The van der Waals surface area contributed by atoms with E-state index in [0.717, 1.165) is 0 Å². The second kappa shape index (κ2) is 12.2. The van der Waals surface area contributed by atoms with Gasteiger partial charge in [-0.15, -0.1) is 0 Å². The molecule has 1 aromatic rings. The van der Waals surface area contributed by atoms with Crippen molar-refractivity contribution in [3.8, 4) is 0 Å². The first-order chi connectivity index (χ1) is 19.6. The highest BCUT2D eigenvalue weighted by Crippen LogP contribution is 2.52. The predicted molar refractivity (Wildman–Crippen MR) is 116 cm³/mol. The van der Waals surface area contributed by atoms with Crippen molar-refractivity contribution in [2.24, 2.45) is 5.92 Å². The topological polar surface area (TPSA) is 147 Å². The van der Waals surface area contributed by atoms with E-state index < -0.39 is 125 Å². The lowest BCUT2D eigenvalue weighted by Gasteiger charge is -2.41. The number of carbonyl (C=O) groups excluding carboxylic acids is 2. The number of halogens is 12. The van der Waals surface area contributed by atoms with Crippen LogP contribution in [0.25, 0.3) is 0 Å². The van der Waals surface area contributed by atoms with Gasteiger partial charge in [-0.05, 0) is 43.9 Å². The minimum atomic E-state index is -6.27. The number of benzene rings is 1. The number of ether oxygens (including phenoxy) is 2. The molecule has 0 aliphatic heterocycles. The highest BCUT2D eigenvalue weighted by atomic mass is 32.2. The van der Waals surface area contributed by atoms with Crippen molar-refractivity contribution in [2.45, 2.75) is 79.0 Å². The molecule has 2 rings (SSSR count). The maximum atomic E-state index is 13.1. The summed E-state index contributed by atoms with van der Waals surface area (Å²) in [7, 11) is -5.28. The fourth-order valence-electron chi connectivity index (χ4n) is 4.24. The van der Waals surface area contributed by atoms with Gasteiger partial charge in [-0.3, -0.25) is 4.55 Å². The smallest absolute Gasteiger partial charge is 0.426 e. The molecule has 0 saturated heterocycles. The summed E-state index contributed by atoms with van der Waals surface area (Å²) < 4.78 is 197. The molecule has 22 heteroatoms. The molecule has 44 heavy (non-hydrogen) atoms. The Hall–Kier alpha value is -2.85. The second-order valence-corrected chi connectivity index (χ2v) is 11.0. The number of carbonyl (C=O) groups is 2. The molecule has 0 atom stereocenters. The fraction of sp³-hybridized carbons (Fsp3) is 0.636. The van der Waals surface area contributed by atoms with Crippen molar-refractivity contribution in [3.05, 3.63) is 29.3 Å². The van der Waals surface area contributed by atoms with E-state index in [1.54, 1.807) is 0 Å². The molecule has 1 fully saturated rings. The van der Waals surface area contributed by atoms with Crippen LogP contribution in [-0.4, -0.2) is 83.7 Å². The summed E-state index contributed by atoms with van der Waals surface area (Å²) in [6, 6.07) is 1.10. The highest BCUT2D eigenvalue weighted by Gasteiger charge is 2.73. The summed E-state index contributed by atoms with van der Waals surface area (Å²) in [5, 5.41) is 18.6. The van der Waals surface area contributed by atoms with Gasteiger partial charge in [-0.25, -0.2) is 9.59 Å². The summed E-state index contributed by atoms with van der Waals surface area (Å²) in [6.07, 6.45) is -31.7. The Morgan fingerprint density at radius 2 is 1.16 bits per heavy atom. The number of rotatable bonds is 8. The summed E-state index contributed by atoms with van der Waals surface area (Å²) in [5.74, 6) is -5.82. The van der Waals surface area contributed by atoms with Crippen LogP contribution in [0, 0.1) is 5.92 Å². The van der Waals surface area contributed by atoms with Crippen molar-refractivity contribution in [1.29, 1.82) is 0 Å². The number of esters is 2. The van der Waals surface area contributed by atoms with E-state index in [1.807, 2.05) is 0 Å². The Morgan fingerprint density at radius 3 is 1.55 bits per heavy atom. The van der Waals surface area contributed by atoms with Crippen LogP contribution < -0.4 is 0 Å². The van der Waals surface area contributed by atoms with Crippen LogP contribution in [0.15, 0.2) is 23.1 Å². The lowest BCUT2D eigenvalue weighted by Crippen LogP contribution is -2.62. The van der Waals surface area contributed by atoms with Gasteiger partial charge in [0.15, 0.2) is 0 Å². The Balaban J connectivity index is 2.23. The SMILES string of the molecule is O=C(OCCC(O)(C(F)(F)F)C(F)(F)F)c1cc(C(=O)OC2CCC(C(O)(C(F)(F)F)C(F)(F)F)CC2)cc(S(=O)(=O)O)c1. The molecule has 1 aliphatic carbocycles. The quantitative estimate of drug-likeness (QED) is 0.197. The molecule has 0 unspecified atom stereocenters. The first-order valence-electron chi connectivity index (χ1n) is 11.8. The van der Waals surface area contributed by atoms with E-state index >= 15 is 0 Å². The van der Waals surface area contributed by atoms with Crippen LogP contribution in [0.5, 0.6) is 0 Å². The van der Waals surface area contributed by atoms with Gasteiger partial charge >= 0.3 is 36.6 Å². The van der Waals surface area contributed by atoms with E-state index in [0.29, 0.717) is 12.1 Å². The average molecular weight is 688 g/mol. The highest BCUT2D eigenvalue weighted by molar-refractivity contribution is 7.85. The normalized spacial score (nSPS) is 19.4. The summed E-state index contributed by atoms with van der Waals surface area (Å²) in [4.78, 5) is 23.6. The van der Waals surface area contributed by atoms with Gasteiger partial charge in [-0.2, -0.15) is 61.1 Å². The van der Waals surface area contributed by atoms with E-state index in [4.69, 9.17) is 9.84 Å². The third kappa shape index (κ3) is 7.68. The minimum Gasteiger partial charge on any atom is -0.462 e. The average Bonchev–Trinajstić information content (AvgIpc) is 2.85. The molecule has 252 valence electrons. The van der Waals surface area contributed by atoms with Gasteiger partial charge < -0.3 is 19.7 Å². The second-order valence-electron chi connectivity index (χ2n) is 9.60. The third-order valence-electron chi connectivity index (χ3n) is 6.71. The summed E-state index contributed by atoms with van der Waals surface area (Å²) >= 11 is 0. The number of hydrogen-bond donors (Lipinski definition) is 3. The minimum absolute atomic E-state index is 0.286. The molecule has 9 nitrogen and oxygen atoms in total. The first kappa shape index (κ1) is 37.3. The van der Waals surface area contributed by atoms with Crippen LogP contribution in [0.3, 0.4) is 0 Å². The molecular formula is C22H20F12O9S. The summed E-state index contributed by atoms with van der Waals surface area (Å²) in [6.45, 7) is -1.75. The molecule has 0 heterocycles. The largest absolute Gasteiger partial charge is 0.462 e. The Morgan fingerprint density at radius 1 is 0.727 bits per heavy atom. The molecule has 0 amide bonds. The van der Waals surface area contributed by atoms with Crippen LogP contribution in [-0.2, 0) is 19.6 Å². The van der Waals surface area contributed by atoms with Crippen LogP contribution >= 0.6 is 0 Å². The molecular weight excluding hydrogens is 668 g/mol. The van der Waals surface area contributed by atoms with Crippen molar-refractivity contribution in [2.75, 3.05) is 6.61 Å². The lowest BCUT2D eigenvalue weighted by molar-refractivity contribution is -0.387. The number of hydrogen-bond acceptors (Lipinski definition) is 8. The monoisotopic (exact) mass is 688 g/mol. The molecule has 0 radical (unpaired) electrons. The Bertz CT molecular complexity index is 1300. The van der Waals surface area contributed by atoms with E-state index in [1.165, 1.54) is 0 Å². The van der Waals surface area contributed by atoms with Crippen molar-refractivity contribution in [1.82, 2.24) is 0 Å². The van der Waals surface area contributed by atoms with Crippen LogP contribution in [0.2, 0.25) is 0 Å². The van der Waals surface area contributed by atoms with Crippen molar-refractivity contribution >= 4 is 22.1 Å². The van der Waals surface area contributed by atoms with Gasteiger partial charge in [-0.1, -0.05) is 0 Å². The molecule has 3 N–H and O–H groups in total. The maximum absolute atomic E-state index is 13.1. The van der Waals surface area contributed by atoms with Crippen molar-refractivity contribution < 1.29 is 94.9 Å². The van der Waals surface area contributed by atoms with Crippen molar-refractivity contribution in [3.63, 3.8) is 0 Å². The molecule has 1 aromatic carbocycles. The van der Waals surface area contributed by atoms with Crippen LogP contribution in [0.1, 0.15) is 52.8 Å². The van der Waals surface area contributed by atoms with Gasteiger partial charge in [0, 0.05) is 12.3 Å². The fourth-order valence-corrected chi connectivity index (χ4v) is 4.80. The molecule has 1 aliphatic rings. The standard InChI is InChI=1S/C22H20F12O9S/c23-19(24,25)17(37,20(26,27)28)5-6-42-15(35)10-7-11(9-14(8-10)44(39,40)41)16(36)43-13-3-1-12(2-4-13)18(38,21(29,30)31)22(32,33)34/h7-9,12-13,37-38H,1-6H2,(H,39,40,41). The molecule has 0 spiro atoms. The van der Waals surface area contributed by atoms with Gasteiger partial charge in [0.2, 0.25) is 0 Å². The number of aliphatic hydroxyl groups is 2. The Kier molecular flexibility index (Phi) is 10.3. The van der Waals surface area contributed by atoms with E-state index in [-0.39, 0.29) is 6.07 Å². The van der Waals surface area contributed by atoms with Crippen LogP contribution in [0.4, 0.5) is 52.7 Å². The zero-order valence-electron chi connectivity index (χ0n) is 21.4. The Labute approximate surface area is 238 Å². The van der Waals surface area contributed by atoms with Gasteiger partial charge in [0.25, 0.3) is 21.3 Å². The number of alkyl halides is 12. The zero-order valence-corrected chi connectivity index (χ0v) is 22.2. The third-order valence-corrected chi connectivity index (χ3v) is 7.55. The molecule has 0 aromatic heterocycles. The maximum Gasteiger partial charge on any atom is 0.426 e. The van der Waals surface area contributed by atoms with E-state index in [9.17, 15) is 80.4 Å². The van der Waals surface area contributed by atoms with Gasteiger partial charge in [0.1, 0.15) is 6.10 Å². The summed E-state index contributed by atoms with van der Waals surface area (Å²) in [5.41, 5.74) is -12.4. The predicted octanol–water partition coefficient (Wildman–Crippen LogP) is 4.91. The first-order valence-corrected chi connectivity index (χ1v) is 13.2. The van der Waals surface area contributed by atoms with E-state index in [2.05, 4.69) is 4.74 Å². The zero-order chi connectivity index (χ0) is 34.3. The van der Waals surface area contributed by atoms with Gasteiger partial charge in [0.05, 0.1) is 22.6 Å². The molecule has 1 saturated carbocycles. The lowest BCUT2D eigenvalue weighted by atomic mass is 9.75.